The largest absolute Gasteiger partial charge is 0.493 e. The summed E-state index contributed by atoms with van der Waals surface area (Å²) in [5.74, 6) is 4.03. The van der Waals surface area contributed by atoms with Crippen molar-refractivity contribution in [3.8, 4) is 11.5 Å². The molecule has 1 amide bonds. The molecule has 4 aliphatic carbocycles. The van der Waals surface area contributed by atoms with E-state index in [1.807, 2.05) is 18.2 Å². The molecule has 33 heavy (non-hydrogen) atoms. The van der Waals surface area contributed by atoms with Crippen LogP contribution >= 0.6 is 11.6 Å². The SMILES string of the molecule is COc1cc2c(cc1OC)[C@H](c1cccc(Cl)c1)N(C(=O)C13CC4CC(CC(C4)C1)C3)CC2. The van der Waals surface area contributed by atoms with E-state index in [0.717, 1.165) is 66.9 Å². The molecular weight excluding hydrogens is 434 g/mol. The Hall–Kier alpha value is -2.20. The number of carbonyl (C=O) groups is 1. The fourth-order valence-electron chi connectivity index (χ4n) is 7.88. The lowest BCUT2D eigenvalue weighted by Gasteiger charge is -2.57. The highest BCUT2D eigenvalue weighted by Crippen LogP contribution is 2.61. The topological polar surface area (TPSA) is 38.8 Å². The molecule has 0 saturated heterocycles. The molecule has 0 aromatic heterocycles. The molecule has 5 aliphatic rings. The van der Waals surface area contributed by atoms with Crippen LogP contribution in [0.15, 0.2) is 36.4 Å². The first-order chi connectivity index (χ1) is 16.0. The van der Waals surface area contributed by atoms with Gasteiger partial charge in [0.1, 0.15) is 0 Å². The van der Waals surface area contributed by atoms with Crippen LogP contribution in [-0.4, -0.2) is 31.6 Å². The lowest BCUT2D eigenvalue weighted by atomic mass is 9.49. The molecule has 1 heterocycles. The van der Waals surface area contributed by atoms with Crippen LogP contribution < -0.4 is 9.47 Å². The van der Waals surface area contributed by atoms with E-state index in [1.165, 1.54) is 24.8 Å². The summed E-state index contributed by atoms with van der Waals surface area (Å²) in [5.41, 5.74) is 3.24. The molecular formula is C28H32ClNO3. The van der Waals surface area contributed by atoms with Gasteiger partial charge in [0.05, 0.1) is 25.7 Å². The van der Waals surface area contributed by atoms with Gasteiger partial charge in [-0.1, -0.05) is 23.7 Å². The average Bonchev–Trinajstić information content (AvgIpc) is 2.81. The molecule has 174 valence electrons. The van der Waals surface area contributed by atoms with Gasteiger partial charge in [-0.25, -0.2) is 0 Å². The fourth-order valence-corrected chi connectivity index (χ4v) is 8.08. The highest BCUT2D eigenvalue weighted by Gasteiger charge is 2.56. The van der Waals surface area contributed by atoms with Crippen molar-refractivity contribution >= 4 is 17.5 Å². The van der Waals surface area contributed by atoms with Crippen molar-refractivity contribution in [2.24, 2.45) is 23.2 Å². The van der Waals surface area contributed by atoms with Crippen molar-refractivity contribution in [2.75, 3.05) is 20.8 Å². The van der Waals surface area contributed by atoms with Crippen molar-refractivity contribution in [3.63, 3.8) is 0 Å². The average molecular weight is 466 g/mol. The van der Waals surface area contributed by atoms with Crippen LogP contribution in [0.5, 0.6) is 11.5 Å². The summed E-state index contributed by atoms with van der Waals surface area (Å²) < 4.78 is 11.2. The molecule has 1 atom stereocenters. The summed E-state index contributed by atoms with van der Waals surface area (Å²) in [6.07, 6.45) is 8.07. The standard InChI is InChI=1S/C28H32ClNO3/c1-32-24-12-20-6-7-30(27(31)28-14-17-8-18(15-28)10-19(9-17)16-28)26(23(20)13-25(24)33-2)21-4-3-5-22(29)11-21/h3-5,11-13,17-19,26H,6-10,14-16H2,1-2H3/t17?,18?,19?,26-,28?/m0/s1. The van der Waals surface area contributed by atoms with E-state index in [4.69, 9.17) is 21.1 Å². The van der Waals surface area contributed by atoms with E-state index >= 15 is 0 Å². The summed E-state index contributed by atoms with van der Waals surface area (Å²) in [4.78, 5) is 16.6. The zero-order chi connectivity index (χ0) is 22.7. The quantitative estimate of drug-likeness (QED) is 0.551. The highest BCUT2D eigenvalue weighted by molar-refractivity contribution is 6.30. The Morgan fingerprint density at radius 1 is 0.970 bits per heavy atom. The normalized spacial score (nSPS) is 31.9. The third-order valence-electron chi connectivity index (χ3n) is 8.79. The van der Waals surface area contributed by atoms with Gasteiger partial charge in [-0.3, -0.25) is 4.79 Å². The Labute approximate surface area is 201 Å². The van der Waals surface area contributed by atoms with Gasteiger partial charge in [-0.2, -0.15) is 0 Å². The number of methoxy groups -OCH3 is 2. The van der Waals surface area contributed by atoms with E-state index < -0.39 is 0 Å². The molecule has 4 nitrogen and oxygen atoms in total. The first-order valence-corrected chi connectivity index (χ1v) is 12.7. The van der Waals surface area contributed by atoms with Crippen LogP contribution in [0.1, 0.15) is 61.3 Å². The Balaban J connectivity index is 1.45. The van der Waals surface area contributed by atoms with Crippen LogP contribution in [0.2, 0.25) is 5.02 Å². The zero-order valence-electron chi connectivity index (χ0n) is 19.5. The lowest BCUT2D eigenvalue weighted by molar-refractivity contribution is -0.159. The maximum absolute atomic E-state index is 14.4. The second-order valence-corrected chi connectivity index (χ2v) is 11.2. The number of ether oxygens (including phenoxy) is 2. The van der Waals surface area contributed by atoms with Crippen LogP contribution in [-0.2, 0) is 11.2 Å². The highest BCUT2D eigenvalue weighted by atomic mass is 35.5. The lowest BCUT2D eigenvalue weighted by Crippen LogP contribution is -2.56. The number of rotatable bonds is 4. The van der Waals surface area contributed by atoms with Crippen molar-refractivity contribution < 1.29 is 14.3 Å². The van der Waals surface area contributed by atoms with Crippen LogP contribution in [0.3, 0.4) is 0 Å². The van der Waals surface area contributed by atoms with Crippen LogP contribution in [0.25, 0.3) is 0 Å². The predicted octanol–water partition coefficient (Wildman–Crippen LogP) is 6.05. The van der Waals surface area contributed by atoms with Gasteiger partial charge in [0.15, 0.2) is 11.5 Å². The fraction of sp³-hybridized carbons (Fsp3) is 0.536. The van der Waals surface area contributed by atoms with Gasteiger partial charge in [0, 0.05) is 11.6 Å². The summed E-state index contributed by atoms with van der Waals surface area (Å²) in [6, 6.07) is 12.0. The number of amides is 1. The minimum Gasteiger partial charge on any atom is -0.493 e. The monoisotopic (exact) mass is 465 g/mol. The molecule has 2 aromatic rings. The van der Waals surface area contributed by atoms with Gasteiger partial charge in [-0.05, 0) is 104 Å². The minimum atomic E-state index is -0.167. The van der Waals surface area contributed by atoms with Crippen LogP contribution in [0.4, 0.5) is 0 Å². The van der Waals surface area contributed by atoms with E-state index in [-0.39, 0.29) is 11.5 Å². The molecule has 1 aliphatic heterocycles. The van der Waals surface area contributed by atoms with Gasteiger partial charge in [0.2, 0.25) is 5.91 Å². The molecule has 4 bridgehead atoms. The minimum absolute atomic E-state index is 0.159. The van der Waals surface area contributed by atoms with E-state index in [2.05, 4.69) is 23.1 Å². The summed E-state index contributed by atoms with van der Waals surface area (Å²) >= 11 is 6.43. The Bertz CT molecular complexity index is 1060. The molecule has 5 heteroatoms. The number of nitrogens with zero attached hydrogens (tertiary/aromatic N) is 1. The molecule has 4 fully saturated rings. The third kappa shape index (κ3) is 3.44. The molecule has 0 unspecified atom stereocenters. The Morgan fingerprint density at radius 3 is 2.21 bits per heavy atom. The first-order valence-electron chi connectivity index (χ1n) is 12.3. The van der Waals surface area contributed by atoms with E-state index in [0.29, 0.717) is 16.7 Å². The maximum atomic E-state index is 14.4. The first kappa shape index (κ1) is 21.3. The molecule has 0 spiro atoms. The van der Waals surface area contributed by atoms with Gasteiger partial charge in [0.25, 0.3) is 0 Å². The van der Waals surface area contributed by atoms with Crippen LogP contribution in [0, 0.1) is 23.2 Å². The number of benzene rings is 2. The molecule has 0 radical (unpaired) electrons. The van der Waals surface area contributed by atoms with Gasteiger partial charge in [-0.15, -0.1) is 0 Å². The van der Waals surface area contributed by atoms with E-state index in [1.54, 1.807) is 14.2 Å². The number of hydrogen-bond acceptors (Lipinski definition) is 3. The molecule has 2 aromatic carbocycles. The van der Waals surface area contributed by atoms with Crippen molar-refractivity contribution in [1.29, 1.82) is 0 Å². The molecule has 7 rings (SSSR count). The molecule has 4 saturated carbocycles. The zero-order valence-corrected chi connectivity index (χ0v) is 20.2. The van der Waals surface area contributed by atoms with Crippen molar-refractivity contribution in [3.05, 3.63) is 58.1 Å². The second-order valence-electron chi connectivity index (χ2n) is 10.8. The Kier molecular flexibility index (Phi) is 5.13. The summed E-state index contributed by atoms with van der Waals surface area (Å²) in [6.45, 7) is 0.722. The van der Waals surface area contributed by atoms with Gasteiger partial charge >= 0.3 is 0 Å². The maximum Gasteiger partial charge on any atom is 0.229 e. The Morgan fingerprint density at radius 2 is 1.61 bits per heavy atom. The number of fused-ring (bicyclic) bond motifs is 1. The number of hydrogen-bond donors (Lipinski definition) is 0. The smallest absolute Gasteiger partial charge is 0.229 e. The summed E-state index contributed by atoms with van der Waals surface area (Å²) in [5, 5.41) is 0.697. The number of halogens is 1. The van der Waals surface area contributed by atoms with Crippen molar-refractivity contribution in [2.45, 2.75) is 51.0 Å². The number of carbonyl (C=O) groups excluding carboxylic acids is 1. The van der Waals surface area contributed by atoms with E-state index in [9.17, 15) is 4.79 Å². The second kappa shape index (κ2) is 7.94. The third-order valence-corrected chi connectivity index (χ3v) is 9.03. The molecule has 0 N–H and O–H groups in total. The van der Waals surface area contributed by atoms with Gasteiger partial charge < -0.3 is 14.4 Å². The summed E-state index contributed by atoms with van der Waals surface area (Å²) in [7, 11) is 3.34. The predicted molar refractivity (Wildman–Crippen MR) is 129 cm³/mol. The van der Waals surface area contributed by atoms with Crippen molar-refractivity contribution in [1.82, 2.24) is 4.90 Å².